The summed E-state index contributed by atoms with van der Waals surface area (Å²) in [7, 11) is 0. The summed E-state index contributed by atoms with van der Waals surface area (Å²) in [5, 5.41) is 15.0. The quantitative estimate of drug-likeness (QED) is 0.315. The molecule has 5 nitrogen and oxygen atoms in total. The number of hydrogen-bond acceptors (Lipinski definition) is 4. The van der Waals surface area contributed by atoms with Crippen LogP contribution < -0.4 is 5.32 Å². The number of fused-ring (bicyclic) bond motifs is 1. The van der Waals surface area contributed by atoms with E-state index in [1.165, 1.54) is 28.1 Å². The van der Waals surface area contributed by atoms with Crippen molar-refractivity contribution in [1.82, 2.24) is 14.8 Å². The number of benzene rings is 4. The van der Waals surface area contributed by atoms with E-state index >= 15 is 0 Å². The maximum atomic E-state index is 12.5. The minimum Gasteiger partial charge on any atom is -0.325 e. The van der Waals surface area contributed by atoms with Crippen LogP contribution in [0.1, 0.15) is 5.56 Å². The van der Waals surface area contributed by atoms with Crippen LogP contribution in [0.5, 0.6) is 0 Å². The Kier molecular flexibility index (Phi) is 6.17. The Morgan fingerprint density at radius 3 is 2.30 bits per heavy atom. The number of carbonyl (C=O) groups excluding carboxylic acids is 1. The van der Waals surface area contributed by atoms with Gasteiger partial charge in [-0.25, -0.2) is 0 Å². The van der Waals surface area contributed by atoms with Gasteiger partial charge in [0.05, 0.1) is 12.3 Å². The molecule has 33 heavy (non-hydrogen) atoms. The van der Waals surface area contributed by atoms with E-state index in [9.17, 15) is 4.79 Å². The Morgan fingerprint density at radius 1 is 0.788 bits per heavy atom. The van der Waals surface area contributed by atoms with Gasteiger partial charge in [-0.15, -0.1) is 10.2 Å². The molecule has 5 aromatic rings. The summed E-state index contributed by atoms with van der Waals surface area (Å²) < 4.78 is 2.09. The summed E-state index contributed by atoms with van der Waals surface area (Å²) in [6, 6.07) is 34.2. The number of anilines is 1. The van der Waals surface area contributed by atoms with Gasteiger partial charge in [-0.2, -0.15) is 0 Å². The van der Waals surface area contributed by atoms with Crippen molar-refractivity contribution >= 4 is 34.1 Å². The summed E-state index contributed by atoms with van der Waals surface area (Å²) in [6.45, 7) is 0.612. The van der Waals surface area contributed by atoms with Gasteiger partial charge in [0.15, 0.2) is 11.0 Å². The van der Waals surface area contributed by atoms with Crippen LogP contribution in [-0.4, -0.2) is 26.4 Å². The standard InChI is InChI=1S/C27H22N4OS/c32-25(28-23-15-5-2-6-16-23)19-33-27-30-29-26(21-11-3-1-4-12-21)31(27)18-22-14-9-13-20-10-7-8-17-24(20)22/h1-17H,18-19H2,(H,28,32). The minimum atomic E-state index is -0.0767. The monoisotopic (exact) mass is 450 g/mol. The molecular formula is C27H22N4OS. The summed E-state index contributed by atoms with van der Waals surface area (Å²) in [5.41, 5.74) is 2.96. The average Bonchev–Trinajstić information content (AvgIpc) is 3.26. The lowest BCUT2D eigenvalue weighted by molar-refractivity contribution is -0.113. The van der Waals surface area contributed by atoms with Gasteiger partial charge in [0.2, 0.25) is 5.91 Å². The molecule has 162 valence electrons. The molecule has 5 rings (SSSR count). The fourth-order valence-corrected chi connectivity index (χ4v) is 4.53. The number of aromatic nitrogens is 3. The van der Waals surface area contributed by atoms with Gasteiger partial charge in [-0.3, -0.25) is 9.36 Å². The van der Waals surface area contributed by atoms with Gasteiger partial charge in [-0.05, 0) is 28.5 Å². The van der Waals surface area contributed by atoms with Crippen LogP contribution in [0.3, 0.4) is 0 Å². The molecule has 0 aliphatic carbocycles. The van der Waals surface area contributed by atoms with E-state index in [0.717, 1.165) is 17.1 Å². The highest BCUT2D eigenvalue weighted by atomic mass is 32.2. The number of nitrogens with zero attached hydrogens (tertiary/aromatic N) is 3. The van der Waals surface area contributed by atoms with Crippen LogP contribution in [0.2, 0.25) is 0 Å². The molecule has 0 aliphatic heterocycles. The fraction of sp³-hybridized carbons (Fsp3) is 0.0741. The van der Waals surface area contributed by atoms with Gasteiger partial charge in [0, 0.05) is 11.3 Å². The first-order valence-corrected chi connectivity index (χ1v) is 11.7. The average molecular weight is 451 g/mol. The van der Waals surface area contributed by atoms with Gasteiger partial charge in [-0.1, -0.05) is 103 Å². The number of rotatable bonds is 7. The molecule has 1 aromatic heterocycles. The van der Waals surface area contributed by atoms with Crippen molar-refractivity contribution < 1.29 is 4.79 Å². The van der Waals surface area contributed by atoms with Crippen molar-refractivity contribution in [2.45, 2.75) is 11.7 Å². The largest absolute Gasteiger partial charge is 0.325 e. The SMILES string of the molecule is O=C(CSc1nnc(-c2ccccc2)n1Cc1cccc2ccccc12)Nc1ccccc1. The number of carbonyl (C=O) groups is 1. The first-order valence-electron chi connectivity index (χ1n) is 10.7. The van der Waals surface area contributed by atoms with Crippen LogP contribution in [0.15, 0.2) is 108 Å². The van der Waals surface area contributed by atoms with Crippen LogP contribution in [-0.2, 0) is 11.3 Å². The molecule has 1 amide bonds. The molecule has 1 N–H and O–H groups in total. The minimum absolute atomic E-state index is 0.0767. The molecular weight excluding hydrogens is 428 g/mol. The zero-order valence-electron chi connectivity index (χ0n) is 17.9. The molecule has 0 aliphatic rings. The molecule has 0 saturated carbocycles. The summed E-state index contributed by atoms with van der Waals surface area (Å²) >= 11 is 1.39. The first kappa shape index (κ1) is 21.0. The Morgan fingerprint density at radius 2 is 1.48 bits per heavy atom. The van der Waals surface area contributed by atoms with E-state index in [0.29, 0.717) is 11.7 Å². The maximum Gasteiger partial charge on any atom is 0.234 e. The van der Waals surface area contributed by atoms with E-state index in [1.54, 1.807) is 0 Å². The summed E-state index contributed by atoms with van der Waals surface area (Å²) in [4.78, 5) is 12.5. The third-order valence-corrected chi connectivity index (χ3v) is 6.31. The second-order valence-corrected chi connectivity index (χ2v) is 8.54. The predicted octanol–water partition coefficient (Wildman–Crippen LogP) is 5.88. The molecule has 0 fully saturated rings. The third-order valence-electron chi connectivity index (χ3n) is 5.35. The summed E-state index contributed by atoms with van der Waals surface area (Å²) in [5.74, 6) is 0.957. The van der Waals surface area contributed by atoms with Crippen molar-refractivity contribution in [2.75, 3.05) is 11.1 Å². The van der Waals surface area contributed by atoms with Crippen LogP contribution >= 0.6 is 11.8 Å². The normalized spacial score (nSPS) is 10.9. The topological polar surface area (TPSA) is 59.8 Å². The summed E-state index contributed by atoms with van der Waals surface area (Å²) in [6.07, 6.45) is 0. The van der Waals surface area contributed by atoms with E-state index < -0.39 is 0 Å². The van der Waals surface area contributed by atoms with Crippen molar-refractivity contribution in [2.24, 2.45) is 0 Å². The lowest BCUT2D eigenvalue weighted by atomic mass is 10.0. The van der Waals surface area contributed by atoms with Gasteiger partial charge >= 0.3 is 0 Å². The Bertz CT molecular complexity index is 1380. The molecule has 1 heterocycles. The molecule has 4 aromatic carbocycles. The fourth-order valence-electron chi connectivity index (χ4n) is 3.79. The third kappa shape index (κ3) is 4.81. The molecule has 0 saturated heterocycles. The lowest BCUT2D eigenvalue weighted by Gasteiger charge is -2.13. The van der Waals surface area contributed by atoms with Crippen molar-refractivity contribution in [3.63, 3.8) is 0 Å². The number of nitrogens with one attached hydrogen (secondary N) is 1. The molecule has 0 unspecified atom stereocenters. The van der Waals surface area contributed by atoms with E-state index in [2.05, 4.69) is 56.5 Å². The van der Waals surface area contributed by atoms with E-state index in [1.807, 2.05) is 66.7 Å². The second kappa shape index (κ2) is 9.71. The van der Waals surface area contributed by atoms with E-state index in [-0.39, 0.29) is 11.7 Å². The number of thioether (sulfide) groups is 1. The van der Waals surface area contributed by atoms with Crippen LogP contribution in [0.4, 0.5) is 5.69 Å². The predicted molar refractivity (Wildman–Crippen MR) is 134 cm³/mol. The molecule has 0 spiro atoms. The van der Waals surface area contributed by atoms with Gasteiger partial charge < -0.3 is 5.32 Å². The van der Waals surface area contributed by atoms with Crippen molar-refractivity contribution in [3.05, 3.63) is 109 Å². The zero-order chi connectivity index (χ0) is 22.5. The smallest absolute Gasteiger partial charge is 0.234 e. The maximum absolute atomic E-state index is 12.5. The highest BCUT2D eigenvalue weighted by Crippen LogP contribution is 2.27. The van der Waals surface area contributed by atoms with Crippen molar-refractivity contribution in [3.8, 4) is 11.4 Å². The number of para-hydroxylation sites is 1. The Balaban J connectivity index is 1.44. The highest BCUT2D eigenvalue weighted by Gasteiger charge is 2.17. The number of amides is 1. The zero-order valence-corrected chi connectivity index (χ0v) is 18.7. The van der Waals surface area contributed by atoms with Gasteiger partial charge in [0.25, 0.3) is 0 Å². The lowest BCUT2D eigenvalue weighted by Crippen LogP contribution is -2.14. The molecule has 0 bridgehead atoms. The van der Waals surface area contributed by atoms with Crippen LogP contribution in [0, 0.1) is 0 Å². The van der Waals surface area contributed by atoms with Crippen LogP contribution in [0.25, 0.3) is 22.2 Å². The molecule has 0 radical (unpaired) electrons. The van der Waals surface area contributed by atoms with Crippen molar-refractivity contribution in [1.29, 1.82) is 0 Å². The second-order valence-electron chi connectivity index (χ2n) is 7.60. The highest BCUT2D eigenvalue weighted by molar-refractivity contribution is 7.99. The molecule has 6 heteroatoms. The van der Waals surface area contributed by atoms with E-state index in [4.69, 9.17) is 0 Å². The van der Waals surface area contributed by atoms with Gasteiger partial charge in [0.1, 0.15) is 0 Å². The molecule has 0 atom stereocenters. The Labute approximate surface area is 196 Å². The Hall–Kier alpha value is -3.90. The number of hydrogen-bond donors (Lipinski definition) is 1. The first-order chi connectivity index (χ1) is 16.3.